The van der Waals surface area contributed by atoms with Crippen LogP contribution in [0.15, 0.2) is 48.5 Å². The molecule has 0 aliphatic rings. The van der Waals surface area contributed by atoms with Crippen LogP contribution in [0.3, 0.4) is 0 Å². The van der Waals surface area contributed by atoms with Gasteiger partial charge >= 0.3 is 0 Å². The molecule has 6 N–H and O–H groups in total. The van der Waals surface area contributed by atoms with Crippen LogP contribution in [0.1, 0.15) is 105 Å². The number of nitrogens with one attached hydrogen (secondary N) is 6. The van der Waals surface area contributed by atoms with Crippen LogP contribution < -0.4 is 32.3 Å². The predicted molar refractivity (Wildman–Crippen MR) is 163 cm³/mol. The Morgan fingerprint density at radius 2 is 0.791 bits per heavy atom. The molecule has 2 aromatic carbocycles. The van der Waals surface area contributed by atoms with Crippen molar-refractivity contribution in [2.75, 3.05) is 10.6 Å². The Kier molecular flexibility index (Phi) is 15.5. The number of carbonyl (C=O) groups is 6. The molecule has 0 fully saturated rings. The summed E-state index contributed by atoms with van der Waals surface area (Å²) < 4.78 is 0. The summed E-state index contributed by atoms with van der Waals surface area (Å²) in [5.41, 5.74) is 11.5. The number of hydrogen-bond donors (Lipinski definition) is 6. The van der Waals surface area contributed by atoms with E-state index in [1.54, 1.807) is 48.5 Å². The second-order valence-electron chi connectivity index (χ2n) is 10.0. The number of hydrogen-bond acceptors (Lipinski definition) is 6. The molecule has 6 amide bonds. The summed E-state index contributed by atoms with van der Waals surface area (Å²) in [4.78, 5) is 71.8. The Morgan fingerprint density at radius 1 is 0.442 bits per heavy atom. The normalized spacial score (nSPS) is 10.3. The van der Waals surface area contributed by atoms with Crippen molar-refractivity contribution in [1.82, 2.24) is 21.7 Å². The first-order chi connectivity index (χ1) is 20.7. The van der Waals surface area contributed by atoms with E-state index in [0.717, 1.165) is 32.1 Å². The minimum atomic E-state index is -0.458. The summed E-state index contributed by atoms with van der Waals surface area (Å²) >= 11 is 0. The van der Waals surface area contributed by atoms with Gasteiger partial charge in [-0.05, 0) is 74.2 Å². The molecule has 0 atom stereocenters. The van der Waals surface area contributed by atoms with Gasteiger partial charge in [0.25, 0.3) is 11.8 Å². The summed E-state index contributed by atoms with van der Waals surface area (Å²) in [5, 5.41) is 5.49. The fourth-order valence-electron chi connectivity index (χ4n) is 3.93. The van der Waals surface area contributed by atoms with Gasteiger partial charge in [0, 0.05) is 48.2 Å². The van der Waals surface area contributed by atoms with Gasteiger partial charge in [0.05, 0.1) is 0 Å². The van der Waals surface area contributed by atoms with Crippen LogP contribution in [0.25, 0.3) is 0 Å². The fourth-order valence-corrected chi connectivity index (χ4v) is 3.93. The molecule has 2 rings (SSSR count). The first kappa shape index (κ1) is 34.5. The molecule has 0 radical (unpaired) electrons. The van der Waals surface area contributed by atoms with Crippen molar-refractivity contribution in [2.24, 2.45) is 0 Å². The summed E-state index contributed by atoms with van der Waals surface area (Å²) in [6, 6.07) is 12.8. The zero-order valence-electron chi connectivity index (χ0n) is 24.8. The number of hydrazine groups is 2. The molecule has 0 unspecified atom stereocenters. The van der Waals surface area contributed by atoms with Crippen LogP contribution in [0.5, 0.6) is 0 Å². The van der Waals surface area contributed by atoms with Crippen molar-refractivity contribution in [3.63, 3.8) is 0 Å². The van der Waals surface area contributed by atoms with Crippen LogP contribution in [-0.4, -0.2) is 35.4 Å². The average Bonchev–Trinajstić information content (AvgIpc) is 2.99. The van der Waals surface area contributed by atoms with Gasteiger partial charge in [-0.25, -0.2) is 0 Å². The molecular weight excluding hydrogens is 552 g/mol. The molecule has 0 saturated heterocycles. The van der Waals surface area contributed by atoms with Crippen LogP contribution in [0.4, 0.5) is 11.4 Å². The number of amides is 6. The van der Waals surface area contributed by atoms with E-state index in [1.165, 1.54) is 0 Å². The predicted octanol–water partition coefficient (Wildman–Crippen LogP) is 4.12. The maximum absolute atomic E-state index is 12.2. The number of unbranched alkanes of at least 4 members (excludes halogenated alkanes) is 4. The highest BCUT2D eigenvalue weighted by atomic mass is 16.2. The van der Waals surface area contributed by atoms with Crippen LogP contribution in [0.2, 0.25) is 0 Å². The van der Waals surface area contributed by atoms with E-state index in [4.69, 9.17) is 0 Å². The molecule has 12 heteroatoms. The third-order valence-electron chi connectivity index (χ3n) is 6.25. The molecule has 12 nitrogen and oxygen atoms in total. The number of carbonyl (C=O) groups excluding carboxylic acids is 6. The van der Waals surface area contributed by atoms with E-state index in [1.807, 2.05) is 13.8 Å². The van der Waals surface area contributed by atoms with Crippen LogP contribution in [-0.2, 0) is 19.2 Å². The number of benzene rings is 2. The third-order valence-corrected chi connectivity index (χ3v) is 6.25. The Balaban J connectivity index is 1.51. The van der Waals surface area contributed by atoms with Crippen LogP contribution in [0, 0.1) is 0 Å². The Bertz CT molecular complexity index is 1130. The largest absolute Gasteiger partial charge is 0.326 e. The highest BCUT2D eigenvalue weighted by Gasteiger charge is 2.10. The van der Waals surface area contributed by atoms with E-state index in [-0.39, 0.29) is 36.5 Å². The van der Waals surface area contributed by atoms with Crippen molar-refractivity contribution in [1.29, 1.82) is 0 Å². The molecule has 232 valence electrons. The SMILES string of the molecule is CCCC(=O)Nc1ccc(C(=O)NNC(=O)CCCCCCCC(=O)NNC(=O)c2ccc(NC(=O)CCC)cc2)cc1. The van der Waals surface area contributed by atoms with E-state index >= 15 is 0 Å². The van der Waals surface area contributed by atoms with Gasteiger partial charge in [-0.3, -0.25) is 50.5 Å². The van der Waals surface area contributed by atoms with Gasteiger partial charge < -0.3 is 10.6 Å². The zero-order chi connectivity index (χ0) is 31.5. The van der Waals surface area contributed by atoms with Gasteiger partial charge in [0.2, 0.25) is 23.6 Å². The van der Waals surface area contributed by atoms with Gasteiger partial charge in [0.15, 0.2) is 0 Å². The van der Waals surface area contributed by atoms with Gasteiger partial charge in [0.1, 0.15) is 0 Å². The summed E-state index contributed by atoms with van der Waals surface area (Å²) in [5.74, 6) is -1.70. The molecule has 0 spiro atoms. The lowest BCUT2D eigenvalue weighted by Crippen LogP contribution is -2.41. The minimum absolute atomic E-state index is 0.0890. The van der Waals surface area contributed by atoms with Crippen molar-refractivity contribution in [3.8, 4) is 0 Å². The summed E-state index contributed by atoms with van der Waals surface area (Å²) in [6.07, 6.45) is 6.53. The van der Waals surface area contributed by atoms with E-state index in [0.29, 0.717) is 48.2 Å². The van der Waals surface area contributed by atoms with E-state index < -0.39 is 11.8 Å². The van der Waals surface area contributed by atoms with Crippen molar-refractivity contribution in [3.05, 3.63) is 59.7 Å². The maximum Gasteiger partial charge on any atom is 0.269 e. The summed E-state index contributed by atoms with van der Waals surface area (Å²) in [7, 11) is 0. The van der Waals surface area contributed by atoms with Gasteiger partial charge in [-0.2, -0.15) is 0 Å². The highest BCUT2D eigenvalue weighted by molar-refractivity contribution is 5.97. The molecule has 0 heterocycles. The van der Waals surface area contributed by atoms with Crippen molar-refractivity contribution < 1.29 is 28.8 Å². The fraction of sp³-hybridized carbons (Fsp3) is 0.419. The molecule has 43 heavy (non-hydrogen) atoms. The van der Waals surface area contributed by atoms with Gasteiger partial charge in [-0.15, -0.1) is 0 Å². The Morgan fingerprint density at radius 3 is 1.14 bits per heavy atom. The Hall–Kier alpha value is -4.74. The monoisotopic (exact) mass is 594 g/mol. The maximum atomic E-state index is 12.2. The molecule has 2 aromatic rings. The van der Waals surface area contributed by atoms with E-state index in [9.17, 15) is 28.8 Å². The minimum Gasteiger partial charge on any atom is -0.326 e. The van der Waals surface area contributed by atoms with E-state index in [2.05, 4.69) is 32.3 Å². The average molecular weight is 595 g/mol. The first-order valence-electron chi connectivity index (χ1n) is 14.7. The molecule has 0 aliphatic heterocycles. The summed E-state index contributed by atoms with van der Waals surface area (Å²) in [6.45, 7) is 3.83. The van der Waals surface area contributed by atoms with Gasteiger partial charge in [-0.1, -0.05) is 33.1 Å². The number of rotatable bonds is 16. The molecule has 0 aromatic heterocycles. The smallest absolute Gasteiger partial charge is 0.269 e. The lowest BCUT2D eigenvalue weighted by Gasteiger charge is -2.09. The van der Waals surface area contributed by atoms with Crippen molar-refractivity contribution >= 4 is 46.8 Å². The topological polar surface area (TPSA) is 175 Å². The number of anilines is 2. The quantitative estimate of drug-likeness (QED) is 0.126. The second kappa shape index (κ2) is 19.4. The first-order valence-corrected chi connectivity index (χ1v) is 14.7. The van der Waals surface area contributed by atoms with Crippen molar-refractivity contribution in [2.45, 2.75) is 84.5 Å². The third kappa shape index (κ3) is 14.1. The molecular formula is C31H42N6O6. The lowest BCUT2D eigenvalue weighted by atomic mass is 10.1. The zero-order valence-corrected chi connectivity index (χ0v) is 24.8. The molecule has 0 saturated carbocycles. The standard InChI is InChI=1S/C31H42N6O6/c1-3-10-26(38)32-24-18-14-22(15-19-24)30(42)36-34-28(40)12-8-6-5-7-9-13-29(41)35-37-31(43)23-16-20-25(21-17-23)33-27(39)11-4-2/h14-21H,3-13H2,1-2H3,(H,32,38)(H,33,39)(H,34,40)(H,35,41)(H,36,42)(H,37,43). The molecule has 0 bridgehead atoms. The second-order valence-corrected chi connectivity index (χ2v) is 10.0. The molecule has 0 aliphatic carbocycles. The lowest BCUT2D eigenvalue weighted by molar-refractivity contribution is -0.122. The Labute approximate surface area is 252 Å². The van der Waals surface area contributed by atoms with Crippen LogP contribution >= 0.6 is 0 Å². The highest BCUT2D eigenvalue weighted by Crippen LogP contribution is 2.12.